The number of hydrogen-bond donors (Lipinski definition) is 0. The Kier molecular flexibility index (Phi) is 2.57. The van der Waals surface area contributed by atoms with Crippen molar-refractivity contribution in [1.29, 1.82) is 3.70 Å². The average Bonchev–Trinajstić information content (AvgIpc) is 2.17. The number of ether oxygens (including phenoxy) is 2. The minimum atomic E-state index is -3.45. The van der Waals surface area contributed by atoms with Crippen LogP contribution in [0, 0.1) is 0 Å². The zero-order valence-electron chi connectivity index (χ0n) is 10.9. The fraction of sp³-hybridized carbons (Fsp3) is 0.400. The summed E-state index contributed by atoms with van der Waals surface area (Å²) in [7, 11) is -3.45. The predicted molar refractivity (Wildman–Crippen MR) is 57.7 cm³/mol. The zero-order chi connectivity index (χ0) is 12.2. The normalized spacial score (nSPS) is 16.9. The molecule has 1 atom stereocenters. The lowest BCUT2D eigenvalue weighted by atomic mass is 10.3. The summed E-state index contributed by atoms with van der Waals surface area (Å²) in [6.07, 6.45) is -0.319. The highest BCUT2D eigenvalue weighted by Gasteiger charge is 2.01. The van der Waals surface area contributed by atoms with E-state index in [0.717, 1.165) is 0 Å². The first-order valence-electron chi connectivity index (χ1n) is 5.82. The van der Waals surface area contributed by atoms with Crippen molar-refractivity contribution in [3.8, 4) is 5.75 Å². The van der Waals surface area contributed by atoms with E-state index in [4.69, 9.17) is 13.2 Å². The summed E-state index contributed by atoms with van der Waals surface area (Å²) in [5.41, 5.74) is 0. The molecule has 2 nitrogen and oxygen atoms in total. The van der Waals surface area contributed by atoms with Gasteiger partial charge in [0.05, 0.1) is 0 Å². The lowest BCUT2D eigenvalue weighted by Gasteiger charge is -2.14. The summed E-state index contributed by atoms with van der Waals surface area (Å²) >= 11 is 0. The van der Waals surface area contributed by atoms with Crippen LogP contribution in [0.25, 0.3) is 0 Å². The van der Waals surface area contributed by atoms with Crippen LogP contribution in [0.1, 0.15) is 13.8 Å². The van der Waals surface area contributed by atoms with E-state index >= 15 is 0 Å². The SMILES string of the molecule is [3H][Si]([3H])([3H])c1ccc(OC(C)OCC)cc1. The molecule has 0 fully saturated rings. The molecule has 1 rings (SSSR count). The molecule has 0 N–H and O–H groups in total. The van der Waals surface area contributed by atoms with Crippen LogP contribution in [0.5, 0.6) is 5.75 Å². The smallest absolute Gasteiger partial charge is 0.196 e. The largest absolute Gasteiger partial charge is 0.465 e. The van der Waals surface area contributed by atoms with Crippen molar-refractivity contribution in [1.82, 2.24) is 0 Å². The summed E-state index contributed by atoms with van der Waals surface area (Å²) in [5.74, 6) is 0.628. The fourth-order valence-electron chi connectivity index (χ4n) is 0.994. The monoisotopic (exact) mass is 202 g/mol. The first-order chi connectivity index (χ1) is 7.43. The molecule has 1 aromatic rings. The van der Waals surface area contributed by atoms with Gasteiger partial charge in [-0.15, -0.1) is 0 Å². The Morgan fingerprint density at radius 3 is 2.69 bits per heavy atom. The van der Waals surface area contributed by atoms with Crippen LogP contribution in [-0.2, 0) is 4.74 Å². The maximum atomic E-state index is 7.36. The molecule has 0 aliphatic heterocycles. The van der Waals surface area contributed by atoms with E-state index in [1.165, 1.54) is 0 Å². The molecule has 72 valence electrons. The Morgan fingerprint density at radius 1 is 1.46 bits per heavy atom. The number of hydrogen-bond acceptors (Lipinski definition) is 2. The van der Waals surface area contributed by atoms with Crippen molar-refractivity contribution < 1.29 is 9.47 Å². The zero-order valence-corrected chi connectivity index (χ0v) is 8.91. The third kappa shape index (κ3) is 3.61. The van der Waals surface area contributed by atoms with Gasteiger partial charge in [0.15, 0.2) is 6.29 Å². The summed E-state index contributed by atoms with van der Waals surface area (Å²) in [5, 5.41) is 0.448. The van der Waals surface area contributed by atoms with Gasteiger partial charge in [0, 0.05) is 20.4 Å². The van der Waals surface area contributed by atoms with E-state index in [9.17, 15) is 0 Å². The van der Waals surface area contributed by atoms with Crippen LogP contribution in [-0.4, -0.2) is 26.6 Å². The molecule has 0 aliphatic carbocycles. The van der Waals surface area contributed by atoms with E-state index < -0.39 is 10.0 Å². The molecule has 1 unspecified atom stereocenters. The molecule has 3 heteroatoms. The second kappa shape index (κ2) is 5.04. The second-order valence-corrected chi connectivity index (χ2v) is 3.24. The molecule has 1 aromatic carbocycles. The summed E-state index contributed by atoms with van der Waals surface area (Å²) < 4.78 is 32.7. The average molecular weight is 202 g/mol. The van der Waals surface area contributed by atoms with Gasteiger partial charge in [0.25, 0.3) is 0 Å². The summed E-state index contributed by atoms with van der Waals surface area (Å²) in [6, 6.07) is 6.55. The molecule has 0 saturated carbocycles. The van der Waals surface area contributed by atoms with Gasteiger partial charge >= 0.3 is 0 Å². The van der Waals surface area contributed by atoms with Crippen LogP contribution < -0.4 is 9.92 Å². The molecule has 0 amide bonds. The predicted octanol–water partition coefficient (Wildman–Crippen LogP) is 0.439. The lowest BCUT2D eigenvalue weighted by Crippen LogP contribution is -2.16. The van der Waals surface area contributed by atoms with Gasteiger partial charge < -0.3 is 9.47 Å². The second-order valence-electron chi connectivity index (χ2n) is 2.67. The van der Waals surface area contributed by atoms with Crippen molar-refractivity contribution in [2.45, 2.75) is 20.1 Å². The fourth-order valence-corrected chi connectivity index (χ4v) is 1.16. The summed E-state index contributed by atoms with van der Waals surface area (Å²) in [4.78, 5) is 0. The summed E-state index contributed by atoms with van der Waals surface area (Å²) in [6.45, 7) is 4.28. The quantitative estimate of drug-likeness (QED) is 0.509. The van der Waals surface area contributed by atoms with Gasteiger partial charge in [-0.1, -0.05) is 17.3 Å². The Labute approximate surface area is 86.0 Å². The van der Waals surface area contributed by atoms with Gasteiger partial charge in [-0.3, -0.25) is 0 Å². The minimum absolute atomic E-state index is 0.319. The molecule has 0 aromatic heterocycles. The van der Waals surface area contributed by atoms with Crippen molar-refractivity contribution in [3.63, 3.8) is 0 Å². The van der Waals surface area contributed by atoms with Crippen LogP contribution >= 0.6 is 0 Å². The molecule has 0 radical (unpaired) electrons. The van der Waals surface area contributed by atoms with Gasteiger partial charge in [-0.2, -0.15) is 0 Å². The van der Waals surface area contributed by atoms with Crippen molar-refractivity contribution in [2.75, 3.05) is 6.61 Å². The van der Waals surface area contributed by atoms with Crippen LogP contribution in [0.15, 0.2) is 24.3 Å². The standard InChI is InChI=1S/C10H16O2Si/c1-3-11-8(2)12-9-4-6-10(13)7-5-9/h4-8H,3H2,1-2,13H3/i13T3. The van der Waals surface area contributed by atoms with Crippen molar-refractivity contribution in [2.24, 2.45) is 0 Å². The van der Waals surface area contributed by atoms with E-state index in [0.29, 0.717) is 17.5 Å². The van der Waals surface area contributed by atoms with E-state index in [-0.39, 0.29) is 6.29 Å². The Hall–Kier alpha value is -0.803. The van der Waals surface area contributed by atoms with Crippen molar-refractivity contribution >= 4 is 15.2 Å². The third-order valence-electron chi connectivity index (χ3n) is 1.56. The maximum Gasteiger partial charge on any atom is 0.196 e. The van der Waals surface area contributed by atoms with E-state index in [1.54, 1.807) is 31.2 Å². The Balaban J connectivity index is 2.65. The molecule has 0 spiro atoms. The molecule has 0 aliphatic rings. The number of rotatable bonds is 5. The first-order valence-corrected chi connectivity index (χ1v) is 4.82. The van der Waals surface area contributed by atoms with Crippen molar-refractivity contribution in [3.05, 3.63) is 24.3 Å². The Morgan fingerprint density at radius 2 is 2.15 bits per heavy atom. The Bertz CT molecular complexity index is 324. The number of benzene rings is 1. The minimum Gasteiger partial charge on any atom is -0.465 e. The van der Waals surface area contributed by atoms with Gasteiger partial charge in [-0.25, -0.2) is 0 Å². The highest BCUT2D eigenvalue weighted by atomic mass is 28.1. The van der Waals surface area contributed by atoms with Crippen LogP contribution in [0.2, 0.25) is 0 Å². The third-order valence-corrected chi connectivity index (χ3v) is 1.89. The molecule has 0 saturated heterocycles. The van der Waals surface area contributed by atoms with Crippen LogP contribution in [0.4, 0.5) is 0 Å². The highest BCUT2D eigenvalue weighted by Crippen LogP contribution is 2.09. The molecule has 0 bridgehead atoms. The van der Waals surface area contributed by atoms with E-state index in [2.05, 4.69) is 0 Å². The maximum absolute atomic E-state index is 7.36. The first kappa shape index (κ1) is 6.62. The van der Waals surface area contributed by atoms with E-state index in [1.807, 2.05) is 6.92 Å². The topological polar surface area (TPSA) is 18.5 Å². The molecular formula is C10H16O2Si. The molecular weight excluding hydrogens is 180 g/mol. The van der Waals surface area contributed by atoms with Gasteiger partial charge in [0.2, 0.25) is 0 Å². The molecule has 13 heavy (non-hydrogen) atoms. The lowest BCUT2D eigenvalue weighted by molar-refractivity contribution is -0.0613. The highest BCUT2D eigenvalue weighted by molar-refractivity contribution is 6.32. The van der Waals surface area contributed by atoms with Gasteiger partial charge in [-0.05, 0) is 26.0 Å². The van der Waals surface area contributed by atoms with Gasteiger partial charge in [0.1, 0.15) is 5.75 Å². The molecule has 0 heterocycles. The van der Waals surface area contributed by atoms with Crippen LogP contribution in [0.3, 0.4) is 0 Å².